The van der Waals surface area contributed by atoms with Crippen molar-refractivity contribution in [3.63, 3.8) is 0 Å². The first-order valence-electron chi connectivity index (χ1n) is 6.40. The minimum Gasteiger partial charge on any atom is -0.394 e. The summed E-state index contributed by atoms with van der Waals surface area (Å²) in [6.45, 7) is 1.88. The summed E-state index contributed by atoms with van der Waals surface area (Å²) in [6, 6.07) is 0. The summed E-state index contributed by atoms with van der Waals surface area (Å²) in [5, 5.41) is 31.8. The van der Waals surface area contributed by atoms with Crippen molar-refractivity contribution in [2.75, 3.05) is 33.4 Å². The van der Waals surface area contributed by atoms with E-state index in [9.17, 15) is 10.2 Å². The van der Waals surface area contributed by atoms with Crippen LogP contribution in [0.15, 0.2) is 16.8 Å². The first-order chi connectivity index (χ1) is 9.17. The van der Waals surface area contributed by atoms with E-state index in [-0.39, 0.29) is 6.61 Å². The lowest BCUT2D eigenvalue weighted by Gasteiger charge is -2.25. The molecule has 0 aromatic rings. The van der Waals surface area contributed by atoms with Crippen LogP contribution in [0.4, 0.5) is 0 Å². The van der Waals surface area contributed by atoms with Crippen molar-refractivity contribution >= 4 is 6.21 Å². The molecule has 4 atom stereocenters. The van der Waals surface area contributed by atoms with Gasteiger partial charge >= 0.3 is 0 Å². The Kier molecular flexibility index (Phi) is 4.89. The maximum absolute atomic E-state index is 9.95. The quantitative estimate of drug-likeness (QED) is 0.458. The molecule has 0 saturated carbocycles. The molecule has 0 bridgehead atoms. The van der Waals surface area contributed by atoms with E-state index >= 15 is 0 Å². The first kappa shape index (κ1) is 14.4. The molecule has 108 valence electrons. The Labute approximate surface area is 112 Å². The lowest BCUT2D eigenvalue weighted by molar-refractivity contribution is -0.0133. The molecule has 2 rings (SSSR count). The van der Waals surface area contributed by atoms with Crippen molar-refractivity contribution in [3.05, 3.63) is 11.8 Å². The molecule has 1 saturated heterocycles. The van der Waals surface area contributed by atoms with Crippen LogP contribution >= 0.6 is 0 Å². The average molecular weight is 271 g/mol. The molecule has 4 N–H and O–H groups in total. The zero-order chi connectivity index (χ0) is 13.8. The van der Waals surface area contributed by atoms with Gasteiger partial charge in [0, 0.05) is 31.1 Å². The highest BCUT2D eigenvalue weighted by Gasteiger charge is 2.43. The van der Waals surface area contributed by atoms with Gasteiger partial charge < -0.3 is 30.3 Å². The Morgan fingerprint density at radius 1 is 1.47 bits per heavy atom. The molecule has 0 amide bonds. The molecule has 2 heterocycles. The zero-order valence-corrected chi connectivity index (χ0v) is 10.9. The number of hydrogen-bond donors (Lipinski definition) is 4. The van der Waals surface area contributed by atoms with Gasteiger partial charge in [0.2, 0.25) is 0 Å². The second-order valence-corrected chi connectivity index (χ2v) is 4.76. The second-order valence-electron chi connectivity index (χ2n) is 4.76. The summed E-state index contributed by atoms with van der Waals surface area (Å²) >= 11 is 0. The van der Waals surface area contributed by atoms with Gasteiger partial charge in [-0.1, -0.05) is 0 Å². The SMILES string of the molecule is CNCCN1C=C([C@@H]2O[C@H](CO)[C@@H](O)[C@H]2O)C=NC1. The molecule has 1 fully saturated rings. The number of aliphatic hydroxyl groups excluding tert-OH is 3. The smallest absolute Gasteiger partial charge is 0.114 e. The third-order valence-electron chi connectivity index (χ3n) is 3.36. The number of aliphatic imine (C=N–C) groups is 1. The van der Waals surface area contributed by atoms with Crippen LogP contribution < -0.4 is 5.32 Å². The van der Waals surface area contributed by atoms with Gasteiger partial charge in [0.15, 0.2) is 0 Å². The number of aliphatic hydroxyl groups is 3. The van der Waals surface area contributed by atoms with E-state index in [1.54, 1.807) is 6.21 Å². The highest BCUT2D eigenvalue weighted by molar-refractivity contribution is 5.80. The molecule has 7 heteroatoms. The summed E-state index contributed by atoms with van der Waals surface area (Å²) in [7, 11) is 1.88. The third-order valence-corrected chi connectivity index (χ3v) is 3.36. The molecule has 0 aromatic heterocycles. The number of nitrogens with one attached hydrogen (secondary N) is 1. The highest BCUT2D eigenvalue weighted by atomic mass is 16.6. The van der Waals surface area contributed by atoms with E-state index in [1.807, 2.05) is 18.1 Å². The lowest BCUT2D eigenvalue weighted by atomic mass is 10.0. The molecule has 7 nitrogen and oxygen atoms in total. The van der Waals surface area contributed by atoms with Crippen LogP contribution in [-0.2, 0) is 4.74 Å². The Morgan fingerprint density at radius 2 is 2.26 bits per heavy atom. The van der Waals surface area contributed by atoms with Gasteiger partial charge in [-0.05, 0) is 7.05 Å². The molecule has 0 unspecified atom stereocenters. The minimum atomic E-state index is -1.07. The van der Waals surface area contributed by atoms with E-state index < -0.39 is 24.4 Å². The third kappa shape index (κ3) is 3.13. The predicted octanol–water partition coefficient (Wildman–Crippen LogP) is -2.08. The van der Waals surface area contributed by atoms with Gasteiger partial charge in [-0.25, -0.2) is 0 Å². The molecule has 2 aliphatic heterocycles. The minimum absolute atomic E-state index is 0.317. The molecule has 0 aliphatic carbocycles. The lowest BCUT2D eigenvalue weighted by Crippen LogP contribution is -2.36. The van der Waals surface area contributed by atoms with Crippen molar-refractivity contribution < 1.29 is 20.1 Å². The Balaban J connectivity index is 2.04. The first-order valence-corrected chi connectivity index (χ1v) is 6.40. The van der Waals surface area contributed by atoms with Crippen molar-refractivity contribution in [1.82, 2.24) is 10.2 Å². The summed E-state index contributed by atoms with van der Waals surface area (Å²) in [5.41, 5.74) is 0.713. The van der Waals surface area contributed by atoms with Crippen LogP contribution in [0, 0.1) is 0 Å². The van der Waals surface area contributed by atoms with Crippen LogP contribution in [0.1, 0.15) is 0 Å². The van der Waals surface area contributed by atoms with E-state index in [0.29, 0.717) is 12.2 Å². The number of rotatable bonds is 5. The van der Waals surface area contributed by atoms with Crippen molar-refractivity contribution in [1.29, 1.82) is 0 Å². The second kappa shape index (κ2) is 6.44. The standard InChI is InChI=1S/C12H21N3O4/c1-13-2-3-15-5-8(4-14-7-15)12-11(18)10(17)9(6-16)19-12/h4-5,9-13,16-18H,2-3,6-7H2,1H3/t9-,10-,11-,12+/m1/s1. The molecular formula is C12H21N3O4. The van der Waals surface area contributed by atoms with Crippen LogP contribution in [-0.4, -0.2) is 84.3 Å². The molecule has 0 radical (unpaired) electrons. The van der Waals surface area contributed by atoms with E-state index in [1.165, 1.54) is 0 Å². The Hall–Kier alpha value is -0.990. The number of hydrogen-bond acceptors (Lipinski definition) is 7. The maximum atomic E-state index is 9.95. The monoisotopic (exact) mass is 271 g/mol. The summed E-state index contributed by atoms with van der Waals surface area (Å²) < 4.78 is 5.48. The van der Waals surface area contributed by atoms with Gasteiger partial charge in [-0.2, -0.15) is 0 Å². The number of nitrogens with zero attached hydrogens (tertiary/aromatic N) is 2. The maximum Gasteiger partial charge on any atom is 0.114 e. The van der Waals surface area contributed by atoms with Crippen LogP contribution in [0.5, 0.6) is 0 Å². The largest absolute Gasteiger partial charge is 0.394 e. The summed E-state index contributed by atoms with van der Waals surface area (Å²) in [6.07, 6.45) is 0.0207. The van der Waals surface area contributed by atoms with Crippen LogP contribution in [0.3, 0.4) is 0 Å². The molecular weight excluding hydrogens is 250 g/mol. The van der Waals surface area contributed by atoms with Gasteiger partial charge in [-0.15, -0.1) is 0 Å². The average Bonchev–Trinajstić information content (AvgIpc) is 2.73. The van der Waals surface area contributed by atoms with Crippen LogP contribution in [0.25, 0.3) is 0 Å². The molecule has 0 spiro atoms. The topological polar surface area (TPSA) is 97.6 Å². The Bertz CT molecular complexity index is 361. The summed E-state index contributed by atoms with van der Waals surface area (Å²) in [4.78, 5) is 6.22. The van der Waals surface area contributed by atoms with Gasteiger partial charge in [0.1, 0.15) is 31.1 Å². The predicted molar refractivity (Wildman–Crippen MR) is 69.8 cm³/mol. The van der Waals surface area contributed by atoms with E-state index in [4.69, 9.17) is 9.84 Å². The fraction of sp³-hybridized carbons (Fsp3) is 0.750. The number of likely N-dealkylation sites (N-methyl/N-ethyl adjacent to an activating group) is 1. The van der Waals surface area contributed by atoms with E-state index in [2.05, 4.69) is 10.3 Å². The molecule has 0 aromatic carbocycles. The fourth-order valence-corrected chi connectivity index (χ4v) is 2.25. The Morgan fingerprint density at radius 3 is 2.89 bits per heavy atom. The van der Waals surface area contributed by atoms with Crippen molar-refractivity contribution in [3.8, 4) is 0 Å². The van der Waals surface area contributed by atoms with Crippen molar-refractivity contribution in [2.24, 2.45) is 4.99 Å². The number of ether oxygens (including phenoxy) is 1. The fourth-order valence-electron chi connectivity index (χ4n) is 2.25. The van der Waals surface area contributed by atoms with Gasteiger partial charge in [0.05, 0.1) is 6.61 Å². The molecule has 2 aliphatic rings. The zero-order valence-electron chi connectivity index (χ0n) is 10.9. The van der Waals surface area contributed by atoms with Gasteiger partial charge in [-0.3, -0.25) is 4.99 Å². The van der Waals surface area contributed by atoms with Crippen molar-refractivity contribution in [2.45, 2.75) is 24.4 Å². The van der Waals surface area contributed by atoms with Gasteiger partial charge in [0.25, 0.3) is 0 Å². The summed E-state index contributed by atoms with van der Waals surface area (Å²) in [5.74, 6) is 0. The highest BCUT2D eigenvalue weighted by Crippen LogP contribution is 2.26. The van der Waals surface area contributed by atoms with E-state index in [0.717, 1.165) is 13.1 Å². The molecule has 19 heavy (non-hydrogen) atoms. The normalized spacial score (nSPS) is 34.7. The van der Waals surface area contributed by atoms with Crippen LogP contribution in [0.2, 0.25) is 0 Å².